The zero-order chi connectivity index (χ0) is 16.8. The Morgan fingerprint density at radius 1 is 1.25 bits per heavy atom. The summed E-state index contributed by atoms with van der Waals surface area (Å²) in [5.74, 6) is 1.00. The summed E-state index contributed by atoms with van der Waals surface area (Å²) in [6.45, 7) is 2.47. The minimum atomic E-state index is -0.119. The van der Waals surface area contributed by atoms with Crippen molar-refractivity contribution in [2.45, 2.75) is 12.3 Å². The number of nitrogens with one attached hydrogen (secondary N) is 1. The number of ether oxygens (including phenoxy) is 2. The summed E-state index contributed by atoms with van der Waals surface area (Å²) in [6, 6.07) is 15.0. The van der Waals surface area contributed by atoms with Crippen LogP contribution in [0.2, 0.25) is 0 Å². The van der Waals surface area contributed by atoms with Gasteiger partial charge in [0.25, 0.3) is 5.91 Å². The van der Waals surface area contributed by atoms with E-state index in [-0.39, 0.29) is 5.91 Å². The van der Waals surface area contributed by atoms with Crippen molar-refractivity contribution in [1.82, 2.24) is 0 Å². The molecule has 0 radical (unpaired) electrons. The fraction of sp³-hybridized carbons (Fsp3) is 0.316. The molecule has 2 aromatic rings. The van der Waals surface area contributed by atoms with Crippen LogP contribution in [0.1, 0.15) is 28.3 Å². The predicted molar refractivity (Wildman–Crippen MR) is 93.6 cm³/mol. The molecule has 126 valence electrons. The summed E-state index contributed by atoms with van der Waals surface area (Å²) in [7, 11) is 0. The van der Waals surface area contributed by atoms with Crippen LogP contribution in [-0.2, 0) is 4.74 Å². The Balaban J connectivity index is 1.65. The number of rotatable bonds is 6. The van der Waals surface area contributed by atoms with Gasteiger partial charge in [-0.3, -0.25) is 4.79 Å². The topological polar surface area (TPSA) is 73.6 Å². The average molecular weight is 326 g/mol. The van der Waals surface area contributed by atoms with Crippen molar-refractivity contribution in [2.75, 3.05) is 31.7 Å². The number of benzene rings is 2. The lowest BCUT2D eigenvalue weighted by atomic mass is 9.96. The molecule has 0 aromatic heterocycles. The van der Waals surface area contributed by atoms with Gasteiger partial charge in [0, 0.05) is 30.3 Å². The van der Waals surface area contributed by atoms with Gasteiger partial charge in [0.2, 0.25) is 0 Å². The molecule has 0 bridgehead atoms. The van der Waals surface area contributed by atoms with E-state index in [0.717, 1.165) is 36.6 Å². The van der Waals surface area contributed by atoms with Crippen LogP contribution in [0.3, 0.4) is 0 Å². The Morgan fingerprint density at radius 3 is 2.79 bits per heavy atom. The van der Waals surface area contributed by atoms with Crippen LogP contribution < -0.4 is 15.8 Å². The minimum absolute atomic E-state index is 0.119. The molecule has 1 fully saturated rings. The molecule has 24 heavy (non-hydrogen) atoms. The Bertz CT molecular complexity index is 679. The number of carbonyl (C=O) groups excluding carboxylic acids is 1. The van der Waals surface area contributed by atoms with Gasteiger partial charge in [0.05, 0.1) is 6.61 Å². The SMILES string of the molecule is NCCOc1ccc(NC(=O)c2cccc(C3CCOC3)c2)cc1. The highest BCUT2D eigenvalue weighted by molar-refractivity contribution is 6.04. The minimum Gasteiger partial charge on any atom is -0.492 e. The van der Waals surface area contributed by atoms with Crippen LogP contribution in [0.25, 0.3) is 0 Å². The highest BCUT2D eigenvalue weighted by Crippen LogP contribution is 2.26. The molecule has 0 saturated carbocycles. The van der Waals surface area contributed by atoms with Crippen molar-refractivity contribution < 1.29 is 14.3 Å². The number of nitrogens with two attached hydrogens (primary N) is 1. The van der Waals surface area contributed by atoms with Crippen LogP contribution in [0.15, 0.2) is 48.5 Å². The van der Waals surface area contributed by atoms with E-state index in [9.17, 15) is 4.79 Å². The van der Waals surface area contributed by atoms with Gasteiger partial charge in [-0.05, 0) is 48.4 Å². The second-order valence-corrected chi connectivity index (χ2v) is 5.80. The molecule has 1 aliphatic heterocycles. The van der Waals surface area contributed by atoms with E-state index in [0.29, 0.717) is 24.6 Å². The Labute approximate surface area is 141 Å². The molecule has 1 amide bonds. The first-order chi connectivity index (χ1) is 11.8. The van der Waals surface area contributed by atoms with Gasteiger partial charge < -0.3 is 20.5 Å². The Kier molecular flexibility index (Phi) is 5.46. The molecule has 3 N–H and O–H groups in total. The first-order valence-corrected chi connectivity index (χ1v) is 8.18. The zero-order valence-electron chi connectivity index (χ0n) is 13.5. The van der Waals surface area contributed by atoms with E-state index in [1.54, 1.807) is 0 Å². The fourth-order valence-electron chi connectivity index (χ4n) is 2.75. The molecular weight excluding hydrogens is 304 g/mol. The lowest BCUT2D eigenvalue weighted by Crippen LogP contribution is -2.13. The van der Waals surface area contributed by atoms with E-state index in [2.05, 4.69) is 11.4 Å². The standard InChI is InChI=1S/C19H22N2O3/c20-9-11-24-18-6-4-17(5-7-18)21-19(22)15-3-1-2-14(12-15)16-8-10-23-13-16/h1-7,12,16H,8-11,13,20H2,(H,21,22). The van der Waals surface area contributed by atoms with Crippen LogP contribution in [0.4, 0.5) is 5.69 Å². The summed E-state index contributed by atoms with van der Waals surface area (Å²) in [5.41, 5.74) is 7.95. The molecule has 1 atom stereocenters. The Hall–Kier alpha value is -2.37. The van der Waals surface area contributed by atoms with E-state index >= 15 is 0 Å². The first-order valence-electron chi connectivity index (χ1n) is 8.18. The summed E-state index contributed by atoms with van der Waals surface area (Å²) in [4.78, 5) is 12.4. The van der Waals surface area contributed by atoms with Gasteiger partial charge in [0.1, 0.15) is 12.4 Å². The highest BCUT2D eigenvalue weighted by Gasteiger charge is 2.18. The molecule has 5 nitrogen and oxygen atoms in total. The van der Waals surface area contributed by atoms with Crippen molar-refractivity contribution in [1.29, 1.82) is 0 Å². The smallest absolute Gasteiger partial charge is 0.255 e. The number of hydrogen-bond donors (Lipinski definition) is 2. The fourth-order valence-corrected chi connectivity index (χ4v) is 2.75. The van der Waals surface area contributed by atoms with E-state index in [1.807, 2.05) is 42.5 Å². The van der Waals surface area contributed by atoms with Crippen molar-refractivity contribution in [2.24, 2.45) is 5.73 Å². The predicted octanol–water partition coefficient (Wildman–Crippen LogP) is 2.78. The van der Waals surface area contributed by atoms with E-state index in [4.69, 9.17) is 15.2 Å². The molecule has 3 rings (SSSR count). The number of amides is 1. The third kappa shape index (κ3) is 4.13. The maximum absolute atomic E-state index is 12.4. The van der Waals surface area contributed by atoms with Crippen LogP contribution >= 0.6 is 0 Å². The van der Waals surface area contributed by atoms with Gasteiger partial charge >= 0.3 is 0 Å². The molecule has 0 aliphatic carbocycles. The Morgan fingerprint density at radius 2 is 2.08 bits per heavy atom. The van der Waals surface area contributed by atoms with Crippen molar-refractivity contribution >= 4 is 11.6 Å². The molecule has 2 aromatic carbocycles. The highest BCUT2D eigenvalue weighted by atomic mass is 16.5. The monoisotopic (exact) mass is 326 g/mol. The van der Waals surface area contributed by atoms with Gasteiger partial charge in [-0.1, -0.05) is 12.1 Å². The molecule has 0 spiro atoms. The second kappa shape index (κ2) is 7.95. The summed E-state index contributed by atoms with van der Waals surface area (Å²) < 4.78 is 10.8. The lowest BCUT2D eigenvalue weighted by molar-refractivity contribution is 0.102. The van der Waals surface area contributed by atoms with Crippen molar-refractivity contribution in [3.8, 4) is 5.75 Å². The first kappa shape index (κ1) is 16.5. The van der Waals surface area contributed by atoms with E-state index in [1.165, 1.54) is 0 Å². The normalized spacial score (nSPS) is 16.8. The summed E-state index contributed by atoms with van der Waals surface area (Å²) in [5, 5.41) is 2.91. The van der Waals surface area contributed by atoms with Gasteiger partial charge in [-0.15, -0.1) is 0 Å². The maximum Gasteiger partial charge on any atom is 0.255 e. The number of anilines is 1. The maximum atomic E-state index is 12.4. The average Bonchev–Trinajstić information content (AvgIpc) is 3.16. The second-order valence-electron chi connectivity index (χ2n) is 5.80. The molecule has 1 heterocycles. The van der Waals surface area contributed by atoms with Crippen LogP contribution in [0.5, 0.6) is 5.75 Å². The van der Waals surface area contributed by atoms with E-state index < -0.39 is 0 Å². The zero-order valence-corrected chi connectivity index (χ0v) is 13.5. The largest absolute Gasteiger partial charge is 0.492 e. The van der Waals surface area contributed by atoms with Crippen molar-refractivity contribution in [3.05, 3.63) is 59.7 Å². The lowest BCUT2D eigenvalue weighted by Gasteiger charge is -2.11. The molecule has 1 aliphatic rings. The van der Waals surface area contributed by atoms with Crippen LogP contribution in [0, 0.1) is 0 Å². The van der Waals surface area contributed by atoms with Crippen molar-refractivity contribution in [3.63, 3.8) is 0 Å². The third-order valence-electron chi connectivity index (χ3n) is 4.05. The van der Waals surface area contributed by atoms with Crippen LogP contribution in [-0.4, -0.2) is 32.3 Å². The molecule has 1 unspecified atom stereocenters. The van der Waals surface area contributed by atoms with Gasteiger partial charge in [0.15, 0.2) is 0 Å². The molecule has 5 heteroatoms. The van der Waals surface area contributed by atoms with Gasteiger partial charge in [-0.2, -0.15) is 0 Å². The summed E-state index contributed by atoms with van der Waals surface area (Å²) in [6.07, 6.45) is 1.01. The number of hydrogen-bond acceptors (Lipinski definition) is 4. The molecular formula is C19H22N2O3. The van der Waals surface area contributed by atoms with Gasteiger partial charge in [-0.25, -0.2) is 0 Å². The quantitative estimate of drug-likeness (QED) is 0.856. The third-order valence-corrected chi connectivity index (χ3v) is 4.05. The number of carbonyl (C=O) groups is 1. The summed E-state index contributed by atoms with van der Waals surface area (Å²) >= 11 is 0. The molecule has 1 saturated heterocycles.